The summed E-state index contributed by atoms with van der Waals surface area (Å²) in [6.45, 7) is 7.04. The number of aliphatic hydroxyl groups is 1. The van der Waals surface area contributed by atoms with E-state index in [4.69, 9.17) is 26.0 Å². The molecule has 0 unspecified atom stereocenters. The van der Waals surface area contributed by atoms with Gasteiger partial charge in [0.1, 0.15) is 5.82 Å². The van der Waals surface area contributed by atoms with Crippen LogP contribution in [-0.4, -0.2) is 41.1 Å². The van der Waals surface area contributed by atoms with Crippen LogP contribution in [0.25, 0.3) is 6.08 Å². The third-order valence-electron chi connectivity index (χ3n) is 4.40. The van der Waals surface area contributed by atoms with Gasteiger partial charge >= 0.3 is 13.1 Å². The predicted octanol–water partition coefficient (Wildman–Crippen LogP) is 3.18. The predicted molar refractivity (Wildman–Crippen MR) is 89.5 cm³/mol. The van der Waals surface area contributed by atoms with E-state index in [-0.39, 0.29) is 16.1 Å². The molecule has 8 heteroatoms. The highest BCUT2D eigenvalue weighted by atomic mass is 35.5. The summed E-state index contributed by atoms with van der Waals surface area (Å²) in [4.78, 5) is 11.0. The maximum absolute atomic E-state index is 14.1. The molecule has 0 atom stereocenters. The van der Waals surface area contributed by atoms with Crippen molar-refractivity contribution >= 4 is 30.8 Å². The Bertz CT molecular complexity index is 686. The molecule has 2 rings (SSSR count). The molecule has 1 fully saturated rings. The monoisotopic (exact) mass is 356 g/mol. The van der Waals surface area contributed by atoms with Crippen LogP contribution in [0.4, 0.5) is 4.39 Å². The fraction of sp³-hybridized carbons (Fsp3) is 0.438. The van der Waals surface area contributed by atoms with Gasteiger partial charge in [0.15, 0.2) is 0 Å². The SMILES string of the molecule is CC1(C)OB(C(=Cc2cc(Cl)c(C(=O)O)cc2F)CO)OC1(C)C. The normalized spacial score (nSPS) is 19.6. The van der Waals surface area contributed by atoms with Gasteiger partial charge in [0, 0.05) is 5.56 Å². The van der Waals surface area contributed by atoms with Crippen molar-refractivity contribution in [1.29, 1.82) is 0 Å². The van der Waals surface area contributed by atoms with Crippen molar-refractivity contribution in [3.8, 4) is 0 Å². The summed E-state index contributed by atoms with van der Waals surface area (Å²) < 4.78 is 25.8. The lowest BCUT2D eigenvalue weighted by atomic mass is 9.77. The number of benzene rings is 1. The second-order valence-corrected chi connectivity index (χ2v) is 7.03. The zero-order valence-electron chi connectivity index (χ0n) is 13.9. The summed E-state index contributed by atoms with van der Waals surface area (Å²) in [6, 6.07) is 2.04. The van der Waals surface area contributed by atoms with Crippen molar-refractivity contribution in [3.63, 3.8) is 0 Å². The summed E-state index contributed by atoms with van der Waals surface area (Å²) in [5.41, 5.74) is -1.17. The summed E-state index contributed by atoms with van der Waals surface area (Å²) in [5.74, 6) is -2.08. The highest BCUT2D eigenvalue weighted by Crippen LogP contribution is 2.39. The first-order valence-corrected chi connectivity index (χ1v) is 7.75. The van der Waals surface area contributed by atoms with Crippen molar-refractivity contribution in [2.75, 3.05) is 6.61 Å². The molecule has 1 aromatic carbocycles. The quantitative estimate of drug-likeness (QED) is 0.810. The van der Waals surface area contributed by atoms with E-state index in [2.05, 4.69) is 0 Å². The molecule has 1 aliphatic rings. The lowest BCUT2D eigenvalue weighted by Gasteiger charge is -2.32. The fourth-order valence-corrected chi connectivity index (χ4v) is 2.47. The molecular formula is C16H19BClFO5. The van der Waals surface area contributed by atoms with E-state index in [0.717, 1.165) is 6.07 Å². The average Bonchev–Trinajstić information content (AvgIpc) is 2.67. The number of carboxylic acid groups (broad SMARTS) is 1. The highest BCUT2D eigenvalue weighted by molar-refractivity contribution is 6.55. The zero-order valence-corrected chi connectivity index (χ0v) is 14.6. The summed E-state index contributed by atoms with van der Waals surface area (Å²) in [7, 11) is -0.836. The molecule has 0 bridgehead atoms. The minimum atomic E-state index is -1.32. The molecular weight excluding hydrogens is 337 g/mol. The average molecular weight is 357 g/mol. The molecule has 24 heavy (non-hydrogen) atoms. The summed E-state index contributed by atoms with van der Waals surface area (Å²) >= 11 is 5.87. The van der Waals surface area contributed by atoms with Crippen LogP contribution in [0.5, 0.6) is 0 Å². The molecule has 1 aromatic rings. The number of carboxylic acids is 1. The zero-order chi connectivity index (χ0) is 18.3. The Hall–Kier alpha value is -1.41. The van der Waals surface area contributed by atoms with Crippen LogP contribution in [-0.2, 0) is 9.31 Å². The minimum absolute atomic E-state index is 0.0452. The first kappa shape index (κ1) is 18.9. The number of carbonyl (C=O) groups is 1. The van der Waals surface area contributed by atoms with Gasteiger partial charge in [-0.25, -0.2) is 9.18 Å². The van der Waals surface area contributed by atoms with Crippen molar-refractivity contribution in [2.24, 2.45) is 0 Å². The minimum Gasteiger partial charge on any atom is -0.478 e. The number of halogens is 2. The molecule has 2 N–H and O–H groups in total. The summed E-state index contributed by atoms with van der Waals surface area (Å²) in [6.07, 6.45) is 1.36. The van der Waals surface area contributed by atoms with Crippen molar-refractivity contribution in [2.45, 2.75) is 38.9 Å². The van der Waals surface area contributed by atoms with Gasteiger partial charge in [-0.2, -0.15) is 0 Å². The van der Waals surface area contributed by atoms with Gasteiger partial charge in [-0.1, -0.05) is 17.7 Å². The van der Waals surface area contributed by atoms with Crippen LogP contribution in [0.1, 0.15) is 43.6 Å². The van der Waals surface area contributed by atoms with Crippen LogP contribution >= 0.6 is 11.6 Å². The van der Waals surface area contributed by atoms with E-state index in [1.54, 1.807) is 0 Å². The molecule has 0 aromatic heterocycles. The van der Waals surface area contributed by atoms with Crippen LogP contribution < -0.4 is 0 Å². The molecule has 1 saturated heterocycles. The molecule has 0 saturated carbocycles. The molecule has 0 aliphatic carbocycles. The molecule has 0 amide bonds. The molecule has 1 heterocycles. The Kier molecular flexibility index (Phi) is 5.11. The first-order valence-electron chi connectivity index (χ1n) is 7.38. The second kappa shape index (κ2) is 6.48. The Labute approximate surface area is 145 Å². The third-order valence-corrected chi connectivity index (χ3v) is 4.71. The van der Waals surface area contributed by atoms with Crippen LogP contribution in [0.3, 0.4) is 0 Å². The van der Waals surface area contributed by atoms with Gasteiger partial charge in [-0.05, 0) is 45.3 Å². The number of rotatable bonds is 4. The van der Waals surface area contributed by atoms with Gasteiger partial charge in [0.25, 0.3) is 0 Å². The van der Waals surface area contributed by atoms with E-state index in [1.165, 1.54) is 12.1 Å². The number of hydrogen-bond donors (Lipinski definition) is 2. The molecule has 5 nitrogen and oxygen atoms in total. The maximum atomic E-state index is 14.1. The second-order valence-electron chi connectivity index (χ2n) is 6.62. The Morgan fingerprint density at radius 3 is 2.29 bits per heavy atom. The lowest BCUT2D eigenvalue weighted by molar-refractivity contribution is 0.00578. The van der Waals surface area contributed by atoms with Gasteiger partial charge in [-0.3, -0.25) is 0 Å². The van der Waals surface area contributed by atoms with E-state index in [1.807, 2.05) is 27.7 Å². The van der Waals surface area contributed by atoms with E-state index < -0.39 is 36.7 Å². The van der Waals surface area contributed by atoms with Crippen LogP contribution in [0, 0.1) is 5.82 Å². The van der Waals surface area contributed by atoms with E-state index >= 15 is 0 Å². The van der Waals surface area contributed by atoms with Crippen LogP contribution in [0.15, 0.2) is 17.6 Å². The maximum Gasteiger partial charge on any atom is 0.492 e. The van der Waals surface area contributed by atoms with Crippen LogP contribution in [0.2, 0.25) is 5.02 Å². The standard InChI is InChI=1S/C16H19BClFO5/c1-15(2)16(3,4)24-17(23-15)10(8-20)5-9-6-12(18)11(14(21)22)7-13(9)19/h5-7,20H,8H2,1-4H3,(H,21,22). The Balaban J connectivity index is 2.39. The Morgan fingerprint density at radius 1 is 1.29 bits per heavy atom. The van der Waals surface area contributed by atoms with Crippen molar-refractivity contribution in [1.82, 2.24) is 0 Å². The highest BCUT2D eigenvalue weighted by Gasteiger charge is 2.52. The molecule has 130 valence electrons. The van der Waals surface area contributed by atoms with Crippen molar-refractivity contribution < 1.29 is 28.7 Å². The summed E-state index contributed by atoms with van der Waals surface area (Å²) in [5, 5.41) is 18.5. The van der Waals surface area contributed by atoms with Gasteiger partial charge in [0.2, 0.25) is 0 Å². The molecule has 1 aliphatic heterocycles. The van der Waals surface area contributed by atoms with Gasteiger partial charge in [-0.15, -0.1) is 0 Å². The van der Waals surface area contributed by atoms with Gasteiger partial charge < -0.3 is 19.5 Å². The number of hydrogen-bond acceptors (Lipinski definition) is 4. The smallest absolute Gasteiger partial charge is 0.478 e. The number of aromatic carboxylic acids is 1. The number of aliphatic hydroxyl groups excluding tert-OH is 1. The largest absolute Gasteiger partial charge is 0.492 e. The topological polar surface area (TPSA) is 76.0 Å². The van der Waals surface area contributed by atoms with Gasteiger partial charge in [0.05, 0.1) is 28.4 Å². The van der Waals surface area contributed by atoms with E-state index in [9.17, 15) is 14.3 Å². The lowest BCUT2D eigenvalue weighted by Crippen LogP contribution is -2.41. The molecule has 0 radical (unpaired) electrons. The first-order chi connectivity index (χ1) is 11.0. The Morgan fingerprint density at radius 2 is 1.83 bits per heavy atom. The van der Waals surface area contributed by atoms with Crippen molar-refractivity contribution in [3.05, 3.63) is 39.6 Å². The fourth-order valence-electron chi connectivity index (χ4n) is 2.22. The third kappa shape index (κ3) is 3.49. The van der Waals surface area contributed by atoms with E-state index in [0.29, 0.717) is 5.47 Å². The molecule has 0 spiro atoms.